The number of aromatic amines is 1. The van der Waals surface area contributed by atoms with E-state index >= 15 is 0 Å². The van der Waals surface area contributed by atoms with Gasteiger partial charge in [-0.1, -0.05) is 41.9 Å². The van der Waals surface area contributed by atoms with E-state index in [1.165, 1.54) is 0 Å². The Kier molecular flexibility index (Phi) is 7.10. The molecular weight excluding hydrogens is 436 g/mol. The van der Waals surface area contributed by atoms with Crippen molar-refractivity contribution >= 4 is 28.4 Å². The van der Waals surface area contributed by atoms with Gasteiger partial charge in [0.05, 0.1) is 13.2 Å². The third kappa shape index (κ3) is 5.62. The van der Waals surface area contributed by atoms with Crippen LogP contribution in [0.25, 0.3) is 10.9 Å². The predicted molar refractivity (Wildman–Crippen MR) is 132 cm³/mol. The van der Waals surface area contributed by atoms with Crippen LogP contribution in [0.4, 0.5) is 0 Å². The van der Waals surface area contributed by atoms with Gasteiger partial charge in [0.15, 0.2) is 0 Å². The Morgan fingerprint density at radius 2 is 1.76 bits per heavy atom. The molecule has 33 heavy (non-hydrogen) atoms. The maximum atomic E-state index is 13.3. The monoisotopic (exact) mass is 460 g/mol. The Morgan fingerprint density at radius 1 is 1.00 bits per heavy atom. The maximum Gasteiger partial charge on any atom is 0.254 e. The van der Waals surface area contributed by atoms with Crippen molar-refractivity contribution < 1.29 is 9.53 Å². The highest BCUT2D eigenvalue weighted by Crippen LogP contribution is 2.20. The molecule has 0 saturated heterocycles. The van der Waals surface area contributed by atoms with Crippen LogP contribution in [0.5, 0.6) is 5.75 Å². The van der Waals surface area contributed by atoms with Crippen molar-refractivity contribution in [3.05, 3.63) is 111 Å². The minimum Gasteiger partial charge on any atom is -0.494 e. The normalized spacial score (nSPS) is 10.8. The molecule has 0 atom stereocenters. The number of carbonyl (C=O) groups excluding carboxylic acids is 1. The zero-order chi connectivity index (χ0) is 23.2. The summed E-state index contributed by atoms with van der Waals surface area (Å²) >= 11 is 6.00. The molecule has 1 heterocycles. The topological polar surface area (TPSA) is 62.4 Å². The van der Waals surface area contributed by atoms with Crippen molar-refractivity contribution in [3.63, 3.8) is 0 Å². The molecule has 0 saturated carbocycles. The van der Waals surface area contributed by atoms with Gasteiger partial charge in [0, 0.05) is 33.6 Å². The molecule has 4 rings (SSSR count). The number of benzene rings is 3. The number of hydrogen-bond donors (Lipinski definition) is 1. The van der Waals surface area contributed by atoms with E-state index < -0.39 is 0 Å². The maximum absolute atomic E-state index is 13.3. The molecule has 3 aromatic carbocycles. The Morgan fingerprint density at radius 3 is 2.48 bits per heavy atom. The van der Waals surface area contributed by atoms with E-state index in [1.807, 2.05) is 61.5 Å². The van der Waals surface area contributed by atoms with E-state index in [9.17, 15) is 9.59 Å². The van der Waals surface area contributed by atoms with E-state index in [1.54, 1.807) is 29.2 Å². The minimum absolute atomic E-state index is 0.148. The van der Waals surface area contributed by atoms with Gasteiger partial charge < -0.3 is 14.6 Å². The minimum atomic E-state index is -0.208. The van der Waals surface area contributed by atoms with Crippen molar-refractivity contribution in [1.82, 2.24) is 9.88 Å². The quantitative estimate of drug-likeness (QED) is 0.379. The number of halogens is 1. The SMILES string of the molecule is CCOc1ccc2[nH]c(=O)c(CN(CCc3ccccc3)C(=O)c3ccc(Cl)cc3)cc2c1. The zero-order valence-corrected chi connectivity index (χ0v) is 19.1. The summed E-state index contributed by atoms with van der Waals surface area (Å²) in [6, 6.07) is 24.2. The number of aromatic nitrogens is 1. The molecule has 0 aliphatic carbocycles. The first-order valence-electron chi connectivity index (χ1n) is 10.9. The van der Waals surface area contributed by atoms with E-state index in [-0.39, 0.29) is 18.0 Å². The number of hydrogen-bond acceptors (Lipinski definition) is 3. The van der Waals surface area contributed by atoms with E-state index in [4.69, 9.17) is 16.3 Å². The number of pyridine rings is 1. The molecule has 0 radical (unpaired) electrons. The van der Waals surface area contributed by atoms with Crippen molar-refractivity contribution in [2.24, 2.45) is 0 Å². The lowest BCUT2D eigenvalue weighted by Gasteiger charge is -2.23. The first kappa shape index (κ1) is 22.6. The van der Waals surface area contributed by atoms with Crippen LogP contribution in [-0.2, 0) is 13.0 Å². The number of rotatable bonds is 8. The van der Waals surface area contributed by atoms with Crippen LogP contribution in [0, 0.1) is 0 Å². The molecule has 0 bridgehead atoms. The molecule has 168 valence electrons. The summed E-state index contributed by atoms with van der Waals surface area (Å²) in [6.45, 7) is 3.15. The van der Waals surface area contributed by atoms with Crippen LogP contribution < -0.4 is 10.3 Å². The van der Waals surface area contributed by atoms with Gasteiger partial charge in [-0.15, -0.1) is 0 Å². The van der Waals surface area contributed by atoms with Crippen molar-refractivity contribution in [2.75, 3.05) is 13.2 Å². The van der Waals surface area contributed by atoms with Crippen molar-refractivity contribution in [2.45, 2.75) is 19.9 Å². The average molecular weight is 461 g/mol. The molecule has 1 amide bonds. The van der Waals surface area contributed by atoms with Gasteiger partial charge >= 0.3 is 0 Å². The zero-order valence-electron chi connectivity index (χ0n) is 18.4. The highest BCUT2D eigenvalue weighted by molar-refractivity contribution is 6.30. The van der Waals surface area contributed by atoms with Gasteiger partial charge in [-0.2, -0.15) is 0 Å². The third-order valence-corrected chi connectivity index (χ3v) is 5.71. The van der Waals surface area contributed by atoms with Gasteiger partial charge in [0.1, 0.15) is 5.75 Å². The van der Waals surface area contributed by atoms with E-state index in [0.717, 1.165) is 22.2 Å². The largest absolute Gasteiger partial charge is 0.494 e. The van der Waals surface area contributed by atoms with Gasteiger partial charge in [0.25, 0.3) is 11.5 Å². The Hall–Kier alpha value is -3.57. The first-order valence-corrected chi connectivity index (χ1v) is 11.3. The smallest absolute Gasteiger partial charge is 0.254 e. The number of nitrogens with one attached hydrogen (secondary N) is 1. The number of fused-ring (bicyclic) bond motifs is 1. The second-order valence-corrected chi connectivity index (χ2v) is 8.21. The molecule has 0 aliphatic heterocycles. The van der Waals surface area contributed by atoms with Gasteiger partial charge in [0.2, 0.25) is 0 Å². The van der Waals surface area contributed by atoms with Gasteiger partial charge in [-0.05, 0) is 67.4 Å². The molecule has 0 spiro atoms. The predicted octanol–water partition coefficient (Wildman–Crippen LogP) is 5.47. The number of H-pyrrole nitrogens is 1. The molecule has 0 fully saturated rings. The van der Waals surface area contributed by atoms with Crippen LogP contribution in [0.3, 0.4) is 0 Å². The van der Waals surface area contributed by atoms with Gasteiger partial charge in [-0.3, -0.25) is 9.59 Å². The Labute approximate surface area is 197 Å². The van der Waals surface area contributed by atoms with Crippen molar-refractivity contribution in [1.29, 1.82) is 0 Å². The van der Waals surface area contributed by atoms with Crippen LogP contribution in [0.1, 0.15) is 28.4 Å². The summed E-state index contributed by atoms with van der Waals surface area (Å²) in [5.41, 5.74) is 2.70. The van der Waals surface area contributed by atoms with E-state index in [0.29, 0.717) is 35.7 Å². The standard InChI is InChI=1S/C27H25ClN2O3/c1-2-33-24-12-13-25-21(17-24)16-22(26(31)29-25)18-30(15-14-19-6-4-3-5-7-19)27(32)20-8-10-23(28)11-9-20/h3-13,16-17H,2,14-15,18H2,1H3,(H,29,31). The summed E-state index contributed by atoms with van der Waals surface area (Å²) in [5, 5.41) is 1.43. The lowest BCUT2D eigenvalue weighted by Crippen LogP contribution is -2.34. The van der Waals surface area contributed by atoms with E-state index in [2.05, 4.69) is 4.98 Å². The summed E-state index contributed by atoms with van der Waals surface area (Å²) in [4.78, 5) is 30.8. The van der Waals surface area contributed by atoms with Crippen LogP contribution >= 0.6 is 11.6 Å². The number of ether oxygens (including phenoxy) is 1. The summed E-state index contributed by atoms with van der Waals surface area (Å²) in [6.07, 6.45) is 0.681. The van der Waals surface area contributed by atoms with Crippen LogP contribution in [0.2, 0.25) is 5.02 Å². The molecule has 5 nitrogen and oxygen atoms in total. The summed E-state index contributed by atoms with van der Waals surface area (Å²) < 4.78 is 5.59. The first-order chi connectivity index (χ1) is 16.0. The molecule has 0 aliphatic rings. The molecule has 1 N–H and O–H groups in total. The highest BCUT2D eigenvalue weighted by Gasteiger charge is 2.18. The molecule has 1 aromatic heterocycles. The fraction of sp³-hybridized carbons (Fsp3) is 0.185. The number of nitrogens with zero attached hydrogens (tertiary/aromatic N) is 1. The Balaban J connectivity index is 1.65. The average Bonchev–Trinajstić information content (AvgIpc) is 2.83. The lowest BCUT2D eigenvalue weighted by molar-refractivity contribution is 0.0744. The fourth-order valence-corrected chi connectivity index (χ4v) is 3.87. The molecule has 4 aromatic rings. The number of amides is 1. The molecule has 6 heteroatoms. The molecular formula is C27H25ClN2O3. The number of carbonyl (C=O) groups is 1. The second kappa shape index (κ2) is 10.4. The fourth-order valence-electron chi connectivity index (χ4n) is 3.75. The Bertz CT molecular complexity index is 1300. The van der Waals surface area contributed by atoms with Crippen molar-refractivity contribution in [3.8, 4) is 5.75 Å². The van der Waals surface area contributed by atoms with Crippen LogP contribution in [0.15, 0.2) is 83.7 Å². The third-order valence-electron chi connectivity index (χ3n) is 5.46. The lowest BCUT2D eigenvalue weighted by atomic mass is 10.1. The summed E-state index contributed by atoms with van der Waals surface area (Å²) in [7, 11) is 0. The van der Waals surface area contributed by atoms with Crippen LogP contribution in [-0.4, -0.2) is 28.9 Å². The van der Waals surface area contributed by atoms with Gasteiger partial charge in [-0.25, -0.2) is 0 Å². The summed E-state index contributed by atoms with van der Waals surface area (Å²) in [5.74, 6) is 0.589. The second-order valence-electron chi connectivity index (χ2n) is 7.77. The molecule has 0 unspecified atom stereocenters. The highest BCUT2D eigenvalue weighted by atomic mass is 35.5.